The molecule has 10 nitrogen and oxygen atoms in total. The molecule has 0 saturated carbocycles. The minimum atomic E-state index is -0.0183. The number of nitrogens with zero attached hydrogens (tertiary/aromatic N) is 5. The highest BCUT2D eigenvalue weighted by Crippen LogP contribution is 2.24. The molecule has 0 fully saturated rings. The minimum Gasteiger partial charge on any atom is -0.383 e. The van der Waals surface area contributed by atoms with Crippen molar-refractivity contribution >= 4 is 34.5 Å². The van der Waals surface area contributed by atoms with Gasteiger partial charge in [-0.15, -0.1) is 0 Å². The van der Waals surface area contributed by atoms with Gasteiger partial charge in [0.1, 0.15) is 11.6 Å². The third-order valence-corrected chi connectivity index (χ3v) is 5.51. The number of hydrogen-bond donors (Lipinski definition) is 2. The summed E-state index contributed by atoms with van der Waals surface area (Å²) < 4.78 is 12.1. The molecule has 3 aromatic heterocycles. The van der Waals surface area contributed by atoms with E-state index in [-0.39, 0.29) is 5.91 Å². The average molecular weight is 448 g/mol. The molecule has 168 valence electrons. The number of methoxy groups -OCH3 is 1. The molecule has 0 radical (unpaired) electrons. The predicted molar refractivity (Wildman–Crippen MR) is 119 cm³/mol. The van der Waals surface area contributed by atoms with Gasteiger partial charge < -0.3 is 19.9 Å². The molecule has 0 saturated heterocycles. The van der Waals surface area contributed by atoms with Gasteiger partial charge in [0.2, 0.25) is 5.91 Å². The lowest BCUT2D eigenvalue weighted by Gasteiger charge is -2.09. The molecule has 3 aromatic rings. The molecule has 0 aliphatic heterocycles. The first-order valence-corrected chi connectivity index (χ1v) is 11.3. The number of carbonyl (C=O) groups is 1. The Bertz CT molecular complexity index is 998. The average Bonchev–Trinajstić information content (AvgIpc) is 3.30. The van der Waals surface area contributed by atoms with Crippen LogP contribution in [0.2, 0.25) is 0 Å². The second-order valence-electron chi connectivity index (χ2n) is 6.97. The summed E-state index contributed by atoms with van der Waals surface area (Å²) in [6, 6.07) is 0. The standard InChI is InChI=1S/C20H29N7O3S/c1-5-31-20-24-18(22-9-11-29-4)16-12-23-27(19(16)25-20)10-8-21-17(28)7-6-15-13(2)26-30-14(15)3/h12H,5-11H2,1-4H3,(H,21,28)(H,22,24,25). The molecule has 2 N–H and O–H groups in total. The number of amides is 1. The van der Waals surface area contributed by atoms with Gasteiger partial charge in [-0.2, -0.15) is 5.10 Å². The molecule has 3 rings (SSSR count). The van der Waals surface area contributed by atoms with E-state index in [0.717, 1.165) is 39.6 Å². The molecule has 0 spiro atoms. The monoisotopic (exact) mass is 447 g/mol. The Kier molecular flexibility index (Phi) is 8.24. The first kappa shape index (κ1) is 23.0. The van der Waals surface area contributed by atoms with Crippen LogP contribution in [-0.4, -0.2) is 63.4 Å². The van der Waals surface area contributed by atoms with Crippen molar-refractivity contribution in [1.29, 1.82) is 0 Å². The Morgan fingerprint density at radius 2 is 2.13 bits per heavy atom. The lowest BCUT2D eigenvalue weighted by molar-refractivity contribution is -0.121. The van der Waals surface area contributed by atoms with Crippen LogP contribution >= 0.6 is 11.8 Å². The Morgan fingerprint density at radius 1 is 1.29 bits per heavy atom. The molecular weight excluding hydrogens is 418 g/mol. The van der Waals surface area contributed by atoms with E-state index < -0.39 is 0 Å². The molecule has 11 heteroatoms. The SMILES string of the molecule is CCSc1nc(NCCOC)c2cnn(CCNC(=O)CCc3c(C)noc3C)c2n1. The smallest absolute Gasteiger partial charge is 0.220 e. The van der Waals surface area contributed by atoms with Crippen LogP contribution in [0.4, 0.5) is 5.82 Å². The first-order valence-electron chi connectivity index (χ1n) is 10.3. The van der Waals surface area contributed by atoms with Crippen LogP contribution in [-0.2, 0) is 22.5 Å². The van der Waals surface area contributed by atoms with Crippen molar-refractivity contribution in [2.24, 2.45) is 0 Å². The van der Waals surface area contributed by atoms with Gasteiger partial charge in [0.05, 0.1) is 30.4 Å². The van der Waals surface area contributed by atoms with Gasteiger partial charge in [0, 0.05) is 32.2 Å². The van der Waals surface area contributed by atoms with Crippen molar-refractivity contribution < 1.29 is 14.1 Å². The molecule has 31 heavy (non-hydrogen) atoms. The van der Waals surface area contributed by atoms with Gasteiger partial charge >= 0.3 is 0 Å². The number of aromatic nitrogens is 5. The van der Waals surface area contributed by atoms with Crippen molar-refractivity contribution in [3.8, 4) is 0 Å². The highest BCUT2D eigenvalue weighted by atomic mass is 32.2. The lowest BCUT2D eigenvalue weighted by atomic mass is 10.1. The zero-order chi connectivity index (χ0) is 22.2. The quantitative estimate of drug-likeness (QED) is 0.245. The summed E-state index contributed by atoms with van der Waals surface area (Å²) >= 11 is 1.57. The largest absolute Gasteiger partial charge is 0.383 e. The van der Waals surface area contributed by atoms with Crippen molar-refractivity contribution in [3.05, 3.63) is 23.2 Å². The molecule has 0 aliphatic carbocycles. The van der Waals surface area contributed by atoms with E-state index in [2.05, 4.69) is 37.8 Å². The second-order valence-corrected chi connectivity index (χ2v) is 8.20. The first-order chi connectivity index (χ1) is 15.0. The number of ether oxygens (including phenoxy) is 1. The summed E-state index contributed by atoms with van der Waals surface area (Å²) in [6.07, 6.45) is 2.75. The van der Waals surface area contributed by atoms with Gasteiger partial charge in [-0.05, 0) is 26.0 Å². The number of fused-ring (bicyclic) bond motifs is 1. The van der Waals surface area contributed by atoms with Gasteiger partial charge in [0.15, 0.2) is 10.8 Å². The Morgan fingerprint density at radius 3 is 2.84 bits per heavy atom. The fourth-order valence-electron chi connectivity index (χ4n) is 3.19. The highest BCUT2D eigenvalue weighted by Gasteiger charge is 2.14. The number of rotatable bonds is 12. The number of aryl methyl sites for hydroxylation is 2. The van der Waals surface area contributed by atoms with E-state index in [9.17, 15) is 4.79 Å². The van der Waals surface area contributed by atoms with Crippen LogP contribution in [0.1, 0.15) is 30.4 Å². The van der Waals surface area contributed by atoms with Crippen molar-refractivity contribution in [2.45, 2.75) is 45.3 Å². The van der Waals surface area contributed by atoms with E-state index in [0.29, 0.717) is 44.2 Å². The van der Waals surface area contributed by atoms with E-state index in [4.69, 9.17) is 9.26 Å². The number of nitrogens with one attached hydrogen (secondary N) is 2. The molecule has 0 atom stereocenters. The maximum Gasteiger partial charge on any atom is 0.220 e. The summed E-state index contributed by atoms with van der Waals surface area (Å²) in [5, 5.41) is 16.2. The summed E-state index contributed by atoms with van der Waals surface area (Å²) in [4.78, 5) is 21.5. The van der Waals surface area contributed by atoms with E-state index >= 15 is 0 Å². The van der Waals surface area contributed by atoms with E-state index in [1.165, 1.54) is 0 Å². The summed E-state index contributed by atoms with van der Waals surface area (Å²) in [5.41, 5.74) is 2.58. The van der Waals surface area contributed by atoms with Crippen LogP contribution in [0, 0.1) is 13.8 Å². The third kappa shape index (κ3) is 5.95. The van der Waals surface area contributed by atoms with Gasteiger partial charge in [-0.3, -0.25) is 4.79 Å². The van der Waals surface area contributed by atoms with Gasteiger partial charge in [-0.25, -0.2) is 14.6 Å². The molecule has 0 aromatic carbocycles. The van der Waals surface area contributed by atoms with Crippen LogP contribution in [0.25, 0.3) is 11.0 Å². The fraction of sp³-hybridized carbons (Fsp3) is 0.550. The number of thioether (sulfide) groups is 1. The minimum absolute atomic E-state index is 0.0183. The van der Waals surface area contributed by atoms with Crippen molar-refractivity contribution in [2.75, 3.05) is 37.9 Å². The summed E-state index contributed by atoms with van der Waals surface area (Å²) in [6.45, 7) is 8.02. The molecule has 0 bridgehead atoms. The third-order valence-electron chi connectivity index (χ3n) is 4.78. The van der Waals surface area contributed by atoms with Crippen LogP contribution < -0.4 is 10.6 Å². The predicted octanol–water partition coefficient (Wildman–Crippen LogP) is 2.35. The molecule has 1 amide bonds. The topological polar surface area (TPSA) is 120 Å². The number of anilines is 1. The molecule has 0 aliphatic rings. The molecular formula is C20H29N7O3S. The second kappa shape index (κ2) is 11.1. The lowest BCUT2D eigenvalue weighted by Crippen LogP contribution is -2.27. The fourth-order valence-corrected chi connectivity index (χ4v) is 3.75. The van der Waals surface area contributed by atoms with Crippen molar-refractivity contribution in [1.82, 2.24) is 30.2 Å². The van der Waals surface area contributed by atoms with Gasteiger partial charge in [0.25, 0.3) is 0 Å². The maximum absolute atomic E-state index is 12.3. The zero-order valence-electron chi connectivity index (χ0n) is 18.4. The Balaban J connectivity index is 1.61. The zero-order valence-corrected chi connectivity index (χ0v) is 19.2. The van der Waals surface area contributed by atoms with Crippen LogP contribution in [0.3, 0.4) is 0 Å². The van der Waals surface area contributed by atoms with Crippen molar-refractivity contribution in [3.63, 3.8) is 0 Å². The highest BCUT2D eigenvalue weighted by molar-refractivity contribution is 7.99. The molecule has 3 heterocycles. The van der Waals surface area contributed by atoms with E-state index in [1.54, 1.807) is 29.8 Å². The Hall–Kier alpha value is -2.66. The van der Waals surface area contributed by atoms with Crippen LogP contribution in [0.5, 0.6) is 0 Å². The number of hydrogen-bond acceptors (Lipinski definition) is 9. The number of carbonyl (C=O) groups excluding carboxylic acids is 1. The maximum atomic E-state index is 12.3. The summed E-state index contributed by atoms with van der Waals surface area (Å²) in [5.74, 6) is 2.37. The normalized spacial score (nSPS) is 11.2. The molecule has 0 unspecified atom stereocenters. The van der Waals surface area contributed by atoms with Crippen LogP contribution in [0.15, 0.2) is 15.9 Å². The summed E-state index contributed by atoms with van der Waals surface area (Å²) in [7, 11) is 1.66. The van der Waals surface area contributed by atoms with Gasteiger partial charge in [-0.1, -0.05) is 23.8 Å². The Labute approximate surface area is 185 Å². The van der Waals surface area contributed by atoms with E-state index in [1.807, 2.05) is 13.8 Å².